The maximum Gasteiger partial charge on any atom is 0.134 e. The highest BCUT2D eigenvalue weighted by Crippen LogP contribution is 2.30. The zero-order chi connectivity index (χ0) is 13.8. The Bertz CT molecular complexity index is 559. The van der Waals surface area contributed by atoms with Gasteiger partial charge in [0, 0.05) is 23.8 Å². The van der Waals surface area contributed by atoms with Crippen LogP contribution in [0.15, 0.2) is 42.6 Å². The number of rotatable bonds is 4. The molecule has 0 saturated heterocycles. The van der Waals surface area contributed by atoms with Crippen molar-refractivity contribution >= 4 is 17.4 Å². The summed E-state index contributed by atoms with van der Waals surface area (Å²) in [4.78, 5) is 6.37. The Hall–Kier alpha value is -1.58. The van der Waals surface area contributed by atoms with Gasteiger partial charge in [-0.2, -0.15) is 0 Å². The number of halogens is 1. The van der Waals surface area contributed by atoms with Crippen molar-refractivity contribution < 1.29 is 5.11 Å². The molecule has 1 N–H and O–H groups in total. The van der Waals surface area contributed by atoms with Gasteiger partial charge in [0.1, 0.15) is 5.82 Å². The molecule has 100 valence electrons. The Morgan fingerprint density at radius 1 is 1.26 bits per heavy atom. The Morgan fingerprint density at radius 2 is 2.00 bits per heavy atom. The standard InChI is InChI=1S/C15H17ClN2O/c1-11(13-7-3-4-8-14(13)16)18(2)15-12(10-19)6-5-9-17-15/h3-9,11,19H,10H2,1-2H3. The van der Waals surface area contributed by atoms with Crippen molar-refractivity contribution in [2.75, 3.05) is 11.9 Å². The average molecular weight is 277 g/mol. The van der Waals surface area contributed by atoms with Gasteiger partial charge in [-0.3, -0.25) is 0 Å². The van der Waals surface area contributed by atoms with Gasteiger partial charge >= 0.3 is 0 Å². The van der Waals surface area contributed by atoms with Gasteiger partial charge in [0.2, 0.25) is 0 Å². The summed E-state index contributed by atoms with van der Waals surface area (Å²) in [5, 5.41) is 10.1. The Kier molecular flexibility index (Phi) is 4.40. The van der Waals surface area contributed by atoms with Crippen LogP contribution in [0.2, 0.25) is 5.02 Å². The van der Waals surface area contributed by atoms with E-state index in [2.05, 4.69) is 11.9 Å². The summed E-state index contributed by atoms with van der Waals surface area (Å²) in [6.45, 7) is 2.04. The second-order valence-corrected chi connectivity index (χ2v) is 4.86. The molecule has 2 aromatic rings. The van der Waals surface area contributed by atoms with Crippen LogP contribution in [0.25, 0.3) is 0 Å². The Morgan fingerprint density at radius 3 is 2.68 bits per heavy atom. The first kappa shape index (κ1) is 13.8. The second-order valence-electron chi connectivity index (χ2n) is 4.45. The summed E-state index contributed by atoms with van der Waals surface area (Å²) < 4.78 is 0. The van der Waals surface area contributed by atoms with Crippen molar-refractivity contribution in [1.29, 1.82) is 0 Å². The third-order valence-electron chi connectivity index (χ3n) is 3.31. The van der Waals surface area contributed by atoms with Crippen LogP contribution in [-0.4, -0.2) is 17.1 Å². The molecule has 2 rings (SSSR count). The van der Waals surface area contributed by atoms with Crippen LogP contribution < -0.4 is 4.90 Å². The van der Waals surface area contributed by atoms with Gasteiger partial charge in [0.15, 0.2) is 0 Å². The summed E-state index contributed by atoms with van der Waals surface area (Å²) in [6.07, 6.45) is 1.73. The largest absolute Gasteiger partial charge is 0.392 e. The van der Waals surface area contributed by atoms with Gasteiger partial charge in [-0.25, -0.2) is 4.98 Å². The van der Waals surface area contributed by atoms with E-state index in [0.29, 0.717) is 0 Å². The highest BCUT2D eigenvalue weighted by atomic mass is 35.5. The number of hydrogen-bond acceptors (Lipinski definition) is 3. The van der Waals surface area contributed by atoms with Crippen molar-refractivity contribution in [1.82, 2.24) is 4.98 Å². The molecule has 0 radical (unpaired) electrons. The molecule has 1 aromatic heterocycles. The van der Waals surface area contributed by atoms with E-state index in [9.17, 15) is 5.11 Å². The van der Waals surface area contributed by atoms with Crippen molar-refractivity contribution in [2.24, 2.45) is 0 Å². The fraction of sp³-hybridized carbons (Fsp3) is 0.267. The van der Waals surface area contributed by atoms with Crippen LogP contribution in [0.4, 0.5) is 5.82 Å². The molecule has 0 aliphatic heterocycles. The summed E-state index contributed by atoms with van der Waals surface area (Å²) in [5.41, 5.74) is 1.85. The molecule has 1 heterocycles. The topological polar surface area (TPSA) is 36.4 Å². The van der Waals surface area contributed by atoms with Gasteiger partial charge in [0.05, 0.1) is 12.6 Å². The predicted molar refractivity (Wildman–Crippen MR) is 78.4 cm³/mol. The monoisotopic (exact) mass is 276 g/mol. The fourth-order valence-corrected chi connectivity index (χ4v) is 2.37. The average Bonchev–Trinajstić information content (AvgIpc) is 2.46. The zero-order valence-corrected chi connectivity index (χ0v) is 11.8. The van der Waals surface area contributed by atoms with E-state index in [1.165, 1.54) is 0 Å². The summed E-state index contributed by atoms with van der Waals surface area (Å²) in [7, 11) is 1.95. The molecule has 1 atom stereocenters. The SMILES string of the molecule is CC(c1ccccc1Cl)N(C)c1ncccc1CO. The molecule has 0 spiro atoms. The lowest BCUT2D eigenvalue weighted by Crippen LogP contribution is -2.24. The van der Waals surface area contributed by atoms with Crippen LogP contribution in [0, 0.1) is 0 Å². The van der Waals surface area contributed by atoms with Gasteiger partial charge in [0.25, 0.3) is 0 Å². The molecule has 0 bridgehead atoms. The van der Waals surface area contributed by atoms with E-state index in [4.69, 9.17) is 11.6 Å². The molecule has 0 amide bonds. The number of anilines is 1. The smallest absolute Gasteiger partial charge is 0.134 e. The molecular formula is C15H17ClN2O. The molecule has 1 unspecified atom stereocenters. The molecule has 0 aliphatic rings. The van der Waals surface area contributed by atoms with Crippen LogP contribution in [0.1, 0.15) is 24.1 Å². The van der Waals surface area contributed by atoms with Crippen molar-refractivity contribution in [3.63, 3.8) is 0 Å². The van der Waals surface area contributed by atoms with Crippen LogP contribution in [-0.2, 0) is 6.61 Å². The van der Waals surface area contributed by atoms with Gasteiger partial charge in [-0.05, 0) is 24.6 Å². The van der Waals surface area contributed by atoms with E-state index in [-0.39, 0.29) is 12.6 Å². The normalized spacial score (nSPS) is 12.2. The number of hydrogen-bond donors (Lipinski definition) is 1. The molecule has 19 heavy (non-hydrogen) atoms. The molecule has 0 aliphatic carbocycles. The van der Waals surface area contributed by atoms with Crippen LogP contribution >= 0.6 is 11.6 Å². The second kappa shape index (κ2) is 6.04. The highest BCUT2D eigenvalue weighted by Gasteiger charge is 2.17. The maximum atomic E-state index is 9.38. The first-order valence-electron chi connectivity index (χ1n) is 6.17. The number of aromatic nitrogens is 1. The van der Waals surface area contributed by atoms with Crippen molar-refractivity contribution in [3.8, 4) is 0 Å². The van der Waals surface area contributed by atoms with Gasteiger partial charge < -0.3 is 10.0 Å². The first-order valence-corrected chi connectivity index (χ1v) is 6.55. The summed E-state index contributed by atoms with van der Waals surface area (Å²) in [5.74, 6) is 0.775. The quantitative estimate of drug-likeness (QED) is 0.929. The Balaban J connectivity index is 2.34. The molecule has 3 nitrogen and oxygen atoms in total. The minimum atomic E-state index is -0.0250. The summed E-state index contributed by atoms with van der Waals surface area (Å²) in [6, 6.07) is 11.5. The predicted octanol–water partition coefficient (Wildman–Crippen LogP) is 3.42. The lowest BCUT2D eigenvalue weighted by atomic mass is 10.1. The fourth-order valence-electron chi connectivity index (χ4n) is 2.08. The minimum Gasteiger partial charge on any atom is -0.392 e. The number of aliphatic hydroxyl groups excluding tert-OH is 1. The number of nitrogens with zero attached hydrogens (tertiary/aromatic N) is 2. The number of aliphatic hydroxyl groups is 1. The third-order valence-corrected chi connectivity index (χ3v) is 3.65. The van der Waals surface area contributed by atoms with E-state index >= 15 is 0 Å². The third kappa shape index (κ3) is 2.88. The van der Waals surface area contributed by atoms with E-state index in [1.807, 2.05) is 48.3 Å². The highest BCUT2D eigenvalue weighted by molar-refractivity contribution is 6.31. The Labute approximate surface area is 118 Å². The van der Waals surface area contributed by atoms with Crippen molar-refractivity contribution in [3.05, 3.63) is 58.7 Å². The molecular weight excluding hydrogens is 260 g/mol. The van der Waals surface area contributed by atoms with Crippen LogP contribution in [0.3, 0.4) is 0 Å². The maximum absolute atomic E-state index is 9.38. The molecule has 0 fully saturated rings. The van der Waals surface area contributed by atoms with Crippen LogP contribution in [0.5, 0.6) is 0 Å². The first-order chi connectivity index (χ1) is 9.15. The minimum absolute atomic E-state index is 0.0250. The zero-order valence-electron chi connectivity index (χ0n) is 11.0. The van der Waals surface area contributed by atoms with Gasteiger partial charge in [-0.15, -0.1) is 0 Å². The molecule has 1 aromatic carbocycles. The van der Waals surface area contributed by atoms with E-state index in [1.54, 1.807) is 6.20 Å². The van der Waals surface area contributed by atoms with E-state index < -0.39 is 0 Å². The van der Waals surface area contributed by atoms with E-state index in [0.717, 1.165) is 22.0 Å². The lowest BCUT2D eigenvalue weighted by Gasteiger charge is -2.28. The summed E-state index contributed by atoms with van der Waals surface area (Å²) >= 11 is 6.23. The molecule has 0 saturated carbocycles. The number of benzene rings is 1. The van der Waals surface area contributed by atoms with Gasteiger partial charge in [-0.1, -0.05) is 35.9 Å². The van der Waals surface area contributed by atoms with Crippen molar-refractivity contribution in [2.45, 2.75) is 19.6 Å². The number of pyridine rings is 1. The lowest BCUT2D eigenvalue weighted by molar-refractivity contribution is 0.281. The molecule has 4 heteroatoms.